The number of hydrogen-bond acceptors (Lipinski definition) is 2. The van der Waals surface area contributed by atoms with E-state index >= 15 is 0 Å². The van der Waals surface area contributed by atoms with E-state index in [0.717, 1.165) is 54.7 Å². The minimum absolute atomic E-state index is 0.0376. The van der Waals surface area contributed by atoms with E-state index in [4.69, 9.17) is 11.6 Å². The van der Waals surface area contributed by atoms with Gasteiger partial charge in [-0.25, -0.2) is 0 Å². The lowest BCUT2D eigenvalue weighted by molar-refractivity contribution is -0.0685. The summed E-state index contributed by atoms with van der Waals surface area (Å²) in [6.07, 6.45) is 11.3. The fourth-order valence-electron chi connectivity index (χ4n) is 7.43. The van der Waals surface area contributed by atoms with Crippen LogP contribution in [0.3, 0.4) is 0 Å². The molecule has 7 unspecified atom stereocenters. The molecule has 1 aromatic rings. The van der Waals surface area contributed by atoms with E-state index in [1.165, 1.54) is 12.0 Å². The highest BCUT2D eigenvalue weighted by molar-refractivity contribution is 6.32. The number of aliphatic hydroxyl groups is 2. The lowest BCUT2D eigenvalue weighted by atomic mass is 9.48. The zero-order valence-electron chi connectivity index (χ0n) is 17.6. The fourth-order valence-corrected chi connectivity index (χ4v) is 7.62. The molecule has 0 aliphatic heterocycles. The molecular formula is C26H33ClO2. The molecule has 2 nitrogen and oxygen atoms in total. The van der Waals surface area contributed by atoms with Crippen molar-refractivity contribution >= 4 is 17.7 Å². The Hall–Kier alpha value is -1.09. The summed E-state index contributed by atoms with van der Waals surface area (Å²) in [7, 11) is 0. The van der Waals surface area contributed by atoms with Gasteiger partial charge in [0.15, 0.2) is 0 Å². The van der Waals surface area contributed by atoms with Crippen LogP contribution in [-0.2, 0) is 0 Å². The molecule has 7 atom stereocenters. The van der Waals surface area contributed by atoms with Crippen molar-refractivity contribution in [3.63, 3.8) is 0 Å². The summed E-state index contributed by atoms with van der Waals surface area (Å²) < 4.78 is 0. The normalized spacial score (nSPS) is 45.3. The topological polar surface area (TPSA) is 40.5 Å². The maximum absolute atomic E-state index is 11.4. The van der Waals surface area contributed by atoms with E-state index in [1.807, 2.05) is 24.3 Å². The Morgan fingerprint density at radius 3 is 2.62 bits per heavy atom. The van der Waals surface area contributed by atoms with Gasteiger partial charge < -0.3 is 10.2 Å². The molecule has 2 N–H and O–H groups in total. The van der Waals surface area contributed by atoms with Crippen molar-refractivity contribution in [2.75, 3.05) is 0 Å². The van der Waals surface area contributed by atoms with Gasteiger partial charge in [0.2, 0.25) is 0 Å². The minimum atomic E-state index is -0.379. The minimum Gasteiger partial charge on any atom is -0.393 e. The summed E-state index contributed by atoms with van der Waals surface area (Å²) in [5.41, 5.74) is 3.88. The summed E-state index contributed by atoms with van der Waals surface area (Å²) >= 11 is 6.40. The van der Waals surface area contributed by atoms with Gasteiger partial charge in [-0.15, -0.1) is 0 Å². The number of halogens is 1. The maximum Gasteiger partial charge on any atom is 0.0809 e. The predicted molar refractivity (Wildman–Crippen MR) is 119 cm³/mol. The highest BCUT2D eigenvalue weighted by Crippen LogP contribution is 2.65. The molecule has 0 aromatic heterocycles. The van der Waals surface area contributed by atoms with Gasteiger partial charge >= 0.3 is 0 Å². The average Bonchev–Trinajstić information content (AvgIpc) is 2.95. The fraction of sp³-hybridized carbons (Fsp3) is 0.615. The van der Waals surface area contributed by atoms with Crippen LogP contribution in [0.5, 0.6) is 0 Å². The molecule has 0 amide bonds. The number of aliphatic hydroxyl groups excluding tert-OH is 2. The second-order valence-corrected chi connectivity index (χ2v) is 11.0. The Labute approximate surface area is 179 Å². The molecule has 29 heavy (non-hydrogen) atoms. The van der Waals surface area contributed by atoms with Gasteiger partial charge in [-0.05, 0) is 85.3 Å². The SMILES string of the molecule is CC12CCC(O)CC1=CCC1C2CCC2(C)C(O)/C(=C\c3ccccc3Cl)CC12. The molecule has 0 heterocycles. The zero-order valence-corrected chi connectivity index (χ0v) is 18.3. The Bertz CT molecular complexity index is 873. The molecule has 3 heteroatoms. The standard InChI is InChI=1S/C26H33ClO2/c1-25-11-9-19(28)15-18(25)7-8-20-21(25)10-12-26(2)22(20)14-17(24(26)29)13-16-5-3-4-6-23(16)27/h3-7,13,19-22,24,28-29H,8-12,14-15H2,1-2H3/b17-13-. The first-order valence-corrected chi connectivity index (χ1v) is 11.7. The molecule has 3 fully saturated rings. The van der Waals surface area contributed by atoms with Crippen LogP contribution < -0.4 is 0 Å². The van der Waals surface area contributed by atoms with E-state index in [1.54, 1.807) is 0 Å². The van der Waals surface area contributed by atoms with Crippen molar-refractivity contribution in [3.05, 3.63) is 52.1 Å². The van der Waals surface area contributed by atoms with Gasteiger partial charge in [-0.1, -0.05) is 61.4 Å². The average molecular weight is 413 g/mol. The Morgan fingerprint density at radius 2 is 1.83 bits per heavy atom. The predicted octanol–water partition coefficient (Wildman–Crippen LogP) is 6.02. The molecule has 0 saturated heterocycles. The molecule has 4 aliphatic carbocycles. The first kappa shape index (κ1) is 19.8. The number of allylic oxidation sites excluding steroid dienone is 1. The first-order chi connectivity index (χ1) is 13.8. The summed E-state index contributed by atoms with van der Waals surface area (Å²) in [5.74, 6) is 1.83. The number of rotatable bonds is 1. The third-order valence-electron chi connectivity index (χ3n) is 9.19. The molecule has 156 valence electrons. The quantitative estimate of drug-likeness (QED) is 0.554. The van der Waals surface area contributed by atoms with Crippen molar-refractivity contribution in [2.45, 2.75) is 71.0 Å². The smallest absolute Gasteiger partial charge is 0.0809 e. The summed E-state index contributed by atoms with van der Waals surface area (Å²) in [6.45, 7) is 4.77. The second-order valence-electron chi connectivity index (χ2n) is 10.5. The van der Waals surface area contributed by atoms with Crippen molar-refractivity contribution in [3.8, 4) is 0 Å². The van der Waals surface area contributed by atoms with Crippen molar-refractivity contribution < 1.29 is 10.2 Å². The maximum atomic E-state index is 11.4. The van der Waals surface area contributed by atoms with Crippen LogP contribution >= 0.6 is 11.6 Å². The monoisotopic (exact) mass is 412 g/mol. The molecule has 1 aromatic carbocycles. The van der Waals surface area contributed by atoms with E-state index in [2.05, 4.69) is 26.0 Å². The highest BCUT2D eigenvalue weighted by atomic mass is 35.5. The van der Waals surface area contributed by atoms with Crippen molar-refractivity contribution in [2.24, 2.45) is 28.6 Å². The molecular weight excluding hydrogens is 380 g/mol. The Morgan fingerprint density at radius 1 is 1.03 bits per heavy atom. The Kier molecular flexibility index (Phi) is 4.77. The van der Waals surface area contributed by atoms with E-state index < -0.39 is 0 Å². The van der Waals surface area contributed by atoms with Crippen LogP contribution in [0.2, 0.25) is 5.02 Å². The highest BCUT2D eigenvalue weighted by Gasteiger charge is 2.59. The van der Waals surface area contributed by atoms with E-state index in [-0.39, 0.29) is 23.0 Å². The lowest BCUT2D eigenvalue weighted by Gasteiger charge is -2.57. The Balaban J connectivity index is 1.48. The van der Waals surface area contributed by atoms with Gasteiger partial charge in [0.05, 0.1) is 12.2 Å². The molecule has 0 spiro atoms. The first-order valence-electron chi connectivity index (χ1n) is 11.3. The molecule has 3 saturated carbocycles. The number of fused-ring (bicyclic) bond motifs is 5. The molecule has 4 aliphatic rings. The molecule has 0 bridgehead atoms. The van der Waals surface area contributed by atoms with Gasteiger partial charge in [0.1, 0.15) is 0 Å². The molecule has 5 rings (SSSR count). The van der Waals surface area contributed by atoms with Crippen LogP contribution in [0.25, 0.3) is 6.08 Å². The third kappa shape index (κ3) is 2.98. The van der Waals surface area contributed by atoms with Gasteiger partial charge in [-0.3, -0.25) is 0 Å². The van der Waals surface area contributed by atoms with E-state index in [0.29, 0.717) is 17.8 Å². The van der Waals surface area contributed by atoms with E-state index in [9.17, 15) is 10.2 Å². The number of benzene rings is 1. The second kappa shape index (κ2) is 6.97. The lowest BCUT2D eigenvalue weighted by Crippen LogP contribution is -2.51. The van der Waals surface area contributed by atoms with Crippen molar-refractivity contribution in [1.82, 2.24) is 0 Å². The van der Waals surface area contributed by atoms with Crippen LogP contribution in [0, 0.1) is 28.6 Å². The summed E-state index contributed by atoms with van der Waals surface area (Å²) in [5, 5.41) is 22.3. The van der Waals surface area contributed by atoms with Crippen LogP contribution in [0.4, 0.5) is 0 Å². The number of hydrogen-bond donors (Lipinski definition) is 2. The van der Waals surface area contributed by atoms with Crippen molar-refractivity contribution in [1.29, 1.82) is 0 Å². The zero-order chi connectivity index (χ0) is 20.4. The van der Waals surface area contributed by atoms with Gasteiger partial charge in [0.25, 0.3) is 0 Å². The molecule has 0 radical (unpaired) electrons. The van der Waals surface area contributed by atoms with Crippen LogP contribution in [-0.4, -0.2) is 22.4 Å². The largest absolute Gasteiger partial charge is 0.393 e. The summed E-state index contributed by atoms with van der Waals surface area (Å²) in [6, 6.07) is 7.93. The van der Waals surface area contributed by atoms with Gasteiger partial charge in [0, 0.05) is 10.4 Å². The third-order valence-corrected chi connectivity index (χ3v) is 9.54. The van der Waals surface area contributed by atoms with Gasteiger partial charge in [-0.2, -0.15) is 0 Å². The summed E-state index contributed by atoms with van der Waals surface area (Å²) in [4.78, 5) is 0. The van der Waals surface area contributed by atoms with Crippen LogP contribution in [0.1, 0.15) is 64.4 Å². The van der Waals surface area contributed by atoms with Crippen LogP contribution in [0.15, 0.2) is 41.5 Å².